The van der Waals surface area contributed by atoms with Crippen LogP contribution in [0.4, 0.5) is 4.79 Å². The Balaban J connectivity index is 1.32. The Labute approximate surface area is 202 Å². The molecule has 2 aliphatic rings. The van der Waals surface area contributed by atoms with Gasteiger partial charge < -0.3 is 18.9 Å². The van der Waals surface area contributed by atoms with Crippen LogP contribution in [0.2, 0.25) is 0 Å². The van der Waals surface area contributed by atoms with E-state index in [1.165, 1.54) is 0 Å². The minimum atomic E-state index is -0.376. The fraction of sp³-hybridized carbons (Fsp3) is 0.407. The molecule has 1 amide bonds. The number of amides is 1. The van der Waals surface area contributed by atoms with Gasteiger partial charge in [0.1, 0.15) is 6.61 Å². The molecule has 2 aliphatic heterocycles. The molecule has 0 spiro atoms. The van der Waals surface area contributed by atoms with Crippen molar-refractivity contribution >= 4 is 30.0 Å². The van der Waals surface area contributed by atoms with Crippen LogP contribution in [-0.4, -0.2) is 48.1 Å². The van der Waals surface area contributed by atoms with Gasteiger partial charge in [-0.3, -0.25) is 4.99 Å². The van der Waals surface area contributed by atoms with Gasteiger partial charge in [-0.2, -0.15) is 0 Å². The van der Waals surface area contributed by atoms with Crippen molar-refractivity contribution in [3.63, 3.8) is 0 Å². The molecule has 7 heteroatoms. The zero-order valence-electron chi connectivity index (χ0n) is 20.9. The summed E-state index contributed by atoms with van der Waals surface area (Å²) in [4.78, 5) is 18.7. The van der Waals surface area contributed by atoms with Gasteiger partial charge in [-0.1, -0.05) is 54.6 Å². The average molecular weight is 460 g/mol. The topological polar surface area (TPSA) is 60.4 Å². The highest BCUT2D eigenvalue weighted by Gasteiger charge is 2.51. The summed E-state index contributed by atoms with van der Waals surface area (Å²) in [5, 5.41) is 0. The smallest absolute Gasteiger partial charge is 0.445 e. The van der Waals surface area contributed by atoms with Gasteiger partial charge in [0.15, 0.2) is 0 Å². The van der Waals surface area contributed by atoms with Crippen LogP contribution in [0.25, 0.3) is 5.57 Å². The van der Waals surface area contributed by atoms with Gasteiger partial charge in [0.05, 0.1) is 17.2 Å². The van der Waals surface area contributed by atoms with Crippen LogP contribution in [0.5, 0.6) is 0 Å². The van der Waals surface area contributed by atoms with Crippen LogP contribution in [0.15, 0.2) is 65.8 Å². The summed E-state index contributed by atoms with van der Waals surface area (Å²) in [7, 11) is 1.37. The van der Waals surface area contributed by atoms with E-state index in [0.29, 0.717) is 6.42 Å². The van der Waals surface area contributed by atoms with Gasteiger partial charge in [-0.15, -0.1) is 0 Å². The van der Waals surface area contributed by atoms with Crippen LogP contribution < -0.4 is 5.46 Å². The maximum atomic E-state index is 12.5. The first-order chi connectivity index (χ1) is 16.1. The number of aliphatic imine (C=N–C) groups is 1. The second-order valence-corrected chi connectivity index (χ2v) is 9.99. The van der Waals surface area contributed by atoms with Gasteiger partial charge in [-0.05, 0) is 56.8 Å². The first-order valence-corrected chi connectivity index (χ1v) is 11.7. The molecule has 178 valence electrons. The molecule has 34 heavy (non-hydrogen) atoms. The van der Waals surface area contributed by atoms with E-state index in [4.69, 9.17) is 14.0 Å². The van der Waals surface area contributed by atoms with Crippen LogP contribution in [0, 0.1) is 0 Å². The third-order valence-corrected chi connectivity index (χ3v) is 7.12. The number of carbonyl (C=O) groups excluding carboxylic acids is 1. The molecule has 6 nitrogen and oxygen atoms in total. The molecule has 1 fully saturated rings. The second kappa shape index (κ2) is 9.39. The van der Waals surface area contributed by atoms with Crippen molar-refractivity contribution in [2.75, 3.05) is 7.05 Å². The van der Waals surface area contributed by atoms with Gasteiger partial charge in [0, 0.05) is 25.4 Å². The Kier molecular flexibility index (Phi) is 6.70. The molecule has 2 aromatic rings. The minimum Gasteiger partial charge on any atom is -0.445 e. The first-order valence-electron chi connectivity index (χ1n) is 11.7. The van der Waals surface area contributed by atoms with E-state index in [0.717, 1.165) is 27.9 Å². The summed E-state index contributed by atoms with van der Waals surface area (Å²) in [5.41, 5.74) is 4.38. The molecule has 1 atom stereocenters. The van der Waals surface area contributed by atoms with Crippen molar-refractivity contribution in [3.8, 4) is 0 Å². The highest BCUT2D eigenvalue weighted by Crippen LogP contribution is 2.36. The maximum absolute atomic E-state index is 12.5. The predicted molar refractivity (Wildman–Crippen MR) is 136 cm³/mol. The van der Waals surface area contributed by atoms with Crippen molar-refractivity contribution in [2.45, 2.75) is 64.9 Å². The van der Waals surface area contributed by atoms with E-state index in [9.17, 15) is 4.79 Å². The molecule has 0 aromatic heterocycles. The Morgan fingerprint density at radius 2 is 1.68 bits per heavy atom. The fourth-order valence-electron chi connectivity index (χ4n) is 3.92. The van der Waals surface area contributed by atoms with E-state index in [1.54, 1.807) is 11.9 Å². The molecule has 0 radical (unpaired) electrons. The van der Waals surface area contributed by atoms with Gasteiger partial charge in [0.2, 0.25) is 0 Å². The van der Waals surface area contributed by atoms with Crippen molar-refractivity contribution in [1.82, 2.24) is 4.90 Å². The summed E-state index contributed by atoms with van der Waals surface area (Å²) in [6.07, 6.45) is 2.21. The summed E-state index contributed by atoms with van der Waals surface area (Å²) in [6.45, 7) is 10.4. The third kappa shape index (κ3) is 4.96. The molecule has 0 N–H and O–H groups in total. The lowest BCUT2D eigenvalue weighted by Crippen LogP contribution is -2.41. The van der Waals surface area contributed by atoms with E-state index >= 15 is 0 Å². The molecule has 2 aromatic carbocycles. The minimum absolute atomic E-state index is 0.166. The lowest BCUT2D eigenvalue weighted by molar-refractivity contribution is 0.00578. The summed E-state index contributed by atoms with van der Waals surface area (Å²) in [5.74, 6) is 0. The predicted octanol–water partition coefficient (Wildman–Crippen LogP) is 4.83. The summed E-state index contributed by atoms with van der Waals surface area (Å²) < 4.78 is 17.8. The van der Waals surface area contributed by atoms with Gasteiger partial charge in [-0.25, -0.2) is 4.79 Å². The van der Waals surface area contributed by atoms with Crippen LogP contribution >= 0.6 is 0 Å². The Hall–Kier alpha value is -2.90. The molecule has 4 rings (SSSR count). The highest BCUT2D eigenvalue weighted by atomic mass is 16.7. The standard InChI is InChI=1S/C27H33BN2O4/c1-19(30(6)25(31)32-18-20-10-8-7-9-11-20)24-16-22(17-29-24)21-12-14-23(15-13-21)28-33-26(2,3)27(4,5)34-28/h7-15,17,19H,16,18H2,1-6H3/t19-/m0/s1. The van der Waals surface area contributed by atoms with Crippen LogP contribution in [0.1, 0.15) is 52.2 Å². The fourth-order valence-corrected chi connectivity index (χ4v) is 3.92. The van der Waals surface area contributed by atoms with Crippen molar-refractivity contribution in [1.29, 1.82) is 0 Å². The number of allylic oxidation sites excluding steroid dienone is 1. The lowest BCUT2D eigenvalue weighted by Gasteiger charge is -2.32. The van der Waals surface area contributed by atoms with E-state index in [-0.39, 0.29) is 37.1 Å². The number of hydrogen-bond donors (Lipinski definition) is 0. The first kappa shape index (κ1) is 24.2. The number of nitrogens with zero attached hydrogens (tertiary/aromatic N) is 2. The third-order valence-electron chi connectivity index (χ3n) is 7.12. The highest BCUT2D eigenvalue weighted by molar-refractivity contribution is 6.62. The van der Waals surface area contributed by atoms with Crippen molar-refractivity contribution < 1.29 is 18.8 Å². The monoisotopic (exact) mass is 460 g/mol. The molecule has 0 saturated carbocycles. The van der Waals surface area contributed by atoms with Crippen LogP contribution in [-0.2, 0) is 20.7 Å². The number of hydrogen-bond acceptors (Lipinski definition) is 5. The molecule has 0 bridgehead atoms. The summed E-state index contributed by atoms with van der Waals surface area (Å²) in [6, 6.07) is 17.8. The SMILES string of the molecule is C[C@@H](C1=NC=C(c2ccc(B3OC(C)(C)C(C)(C)O3)cc2)C1)N(C)C(=O)OCc1ccccc1. The molecule has 1 saturated heterocycles. The number of ether oxygens (including phenoxy) is 1. The molecule has 0 unspecified atom stereocenters. The second-order valence-electron chi connectivity index (χ2n) is 9.99. The number of rotatable bonds is 6. The zero-order valence-corrected chi connectivity index (χ0v) is 20.9. The molecular formula is C27H33BN2O4. The summed E-state index contributed by atoms with van der Waals surface area (Å²) >= 11 is 0. The van der Waals surface area contributed by atoms with Crippen LogP contribution in [0.3, 0.4) is 0 Å². The quantitative estimate of drug-likeness (QED) is 0.580. The zero-order chi connectivity index (χ0) is 24.5. The average Bonchev–Trinajstić information content (AvgIpc) is 3.39. The normalized spacial score (nSPS) is 19.4. The molecule has 2 heterocycles. The largest absolute Gasteiger partial charge is 0.494 e. The molecule has 0 aliphatic carbocycles. The van der Waals surface area contributed by atoms with E-state index in [1.807, 2.05) is 55.6 Å². The number of carbonyl (C=O) groups is 1. The Morgan fingerprint density at radius 1 is 1.06 bits per heavy atom. The Morgan fingerprint density at radius 3 is 2.29 bits per heavy atom. The lowest BCUT2D eigenvalue weighted by atomic mass is 9.78. The van der Waals surface area contributed by atoms with E-state index in [2.05, 4.69) is 44.8 Å². The van der Waals surface area contributed by atoms with E-state index < -0.39 is 0 Å². The van der Waals surface area contributed by atoms with Gasteiger partial charge >= 0.3 is 13.2 Å². The maximum Gasteiger partial charge on any atom is 0.494 e. The van der Waals surface area contributed by atoms with Gasteiger partial charge in [0.25, 0.3) is 0 Å². The van der Waals surface area contributed by atoms with Crippen molar-refractivity contribution in [3.05, 3.63) is 71.9 Å². The Bertz CT molecular complexity index is 1080. The number of benzene rings is 2. The molecular weight excluding hydrogens is 427 g/mol. The van der Waals surface area contributed by atoms with Crippen molar-refractivity contribution in [2.24, 2.45) is 4.99 Å².